The zero-order valence-corrected chi connectivity index (χ0v) is 10.6. The molecular weight excluding hydrogens is 252 g/mol. The summed E-state index contributed by atoms with van der Waals surface area (Å²) in [6, 6.07) is 12.0. The molecule has 0 saturated carbocycles. The largest absolute Gasteiger partial charge is 0.481 e. The predicted octanol–water partition coefficient (Wildman–Crippen LogP) is 3.26. The van der Waals surface area contributed by atoms with Gasteiger partial charge in [-0.05, 0) is 21.9 Å². The molecule has 2 atom stereocenters. The van der Waals surface area contributed by atoms with Crippen molar-refractivity contribution in [3.63, 3.8) is 0 Å². The minimum atomic E-state index is -0.833. The van der Waals surface area contributed by atoms with Crippen LogP contribution in [0.5, 0.6) is 0 Å². The number of aliphatic hydroxyl groups excluding tert-OH is 1. The van der Waals surface area contributed by atoms with E-state index in [1.807, 2.05) is 36.4 Å². The summed E-state index contributed by atoms with van der Waals surface area (Å²) in [5.41, 5.74) is 2.00. The Morgan fingerprint density at radius 2 is 1.67 bits per heavy atom. The van der Waals surface area contributed by atoms with Crippen molar-refractivity contribution in [3.05, 3.63) is 47.5 Å². The Balaban J connectivity index is 0.000000267. The summed E-state index contributed by atoms with van der Waals surface area (Å²) in [7, 11) is 0. The van der Waals surface area contributed by atoms with E-state index >= 15 is 0 Å². The molecule has 0 aromatic heterocycles. The van der Waals surface area contributed by atoms with Gasteiger partial charge < -0.3 is 10.2 Å². The molecule has 0 spiro atoms. The highest BCUT2D eigenvalue weighted by Gasteiger charge is 2.30. The monoisotopic (exact) mass is 264 g/mol. The topological polar surface area (TPSA) is 57.5 Å². The number of alkyl halides is 1. The fraction of sp³-hybridized carbons (Fsp3) is 0.214. The molecule has 94 valence electrons. The molecule has 0 unspecified atom stereocenters. The molecule has 3 rings (SSSR count). The van der Waals surface area contributed by atoms with E-state index in [1.54, 1.807) is 0 Å². The van der Waals surface area contributed by atoms with Crippen LogP contribution in [0.1, 0.15) is 29.5 Å². The third-order valence-corrected chi connectivity index (χ3v) is 3.34. The molecule has 0 amide bonds. The normalized spacial score (nSPS) is 20.4. The van der Waals surface area contributed by atoms with Crippen LogP contribution in [0.4, 0.5) is 0 Å². The number of carboxylic acids is 1. The highest BCUT2D eigenvalue weighted by molar-refractivity contribution is 6.23. The lowest BCUT2D eigenvalue weighted by molar-refractivity contribution is -0.134. The van der Waals surface area contributed by atoms with Crippen molar-refractivity contribution in [2.45, 2.75) is 18.4 Å². The molecule has 4 heteroatoms. The first kappa shape index (κ1) is 12.9. The third-order valence-electron chi connectivity index (χ3n) is 2.86. The molecule has 18 heavy (non-hydrogen) atoms. The second-order valence-corrected chi connectivity index (χ2v) is 4.63. The lowest BCUT2D eigenvalue weighted by atomic mass is 10.1. The van der Waals surface area contributed by atoms with Gasteiger partial charge in [0.2, 0.25) is 0 Å². The summed E-state index contributed by atoms with van der Waals surface area (Å²) in [5.74, 6) is -0.833. The quantitative estimate of drug-likeness (QED) is 0.718. The number of benzene rings is 2. The molecule has 0 heterocycles. The average molecular weight is 265 g/mol. The Hall–Kier alpha value is -1.58. The van der Waals surface area contributed by atoms with E-state index in [-0.39, 0.29) is 5.38 Å². The molecule has 0 saturated heterocycles. The summed E-state index contributed by atoms with van der Waals surface area (Å²) < 4.78 is 0. The van der Waals surface area contributed by atoms with Crippen LogP contribution in [-0.2, 0) is 4.79 Å². The zero-order chi connectivity index (χ0) is 13.3. The lowest BCUT2D eigenvalue weighted by Gasteiger charge is -2.07. The molecular formula is C14H13ClO3. The van der Waals surface area contributed by atoms with Gasteiger partial charge in [-0.2, -0.15) is 0 Å². The molecule has 0 aliphatic heterocycles. The van der Waals surface area contributed by atoms with Crippen LogP contribution in [0, 0.1) is 0 Å². The highest BCUT2D eigenvalue weighted by atomic mass is 35.5. The Bertz CT molecular complexity index is 548. The molecule has 0 fully saturated rings. The van der Waals surface area contributed by atoms with Gasteiger partial charge in [0.1, 0.15) is 6.10 Å². The SMILES string of the molecule is CC(=O)O.O[C@@H]1c2cccc3cccc(c23)[C@H]1Cl. The molecule has 0 bridgehead atoms. The summed E-state index contributed by atoms with van der Waals surface area (Å²) in [6.45, 7) is 1.08. The Kier molecular flexibility index (Phi) is 3.55. The third kappa shape index (κ3) is 2.19. The zero-order valence-electron chi connectivity index (χ0n) is 9.80. The summed E-state index contributed by atoms with van der Waals surface area (Å²) in [5, 5.41) is 19.3. The number of hydrogen-bond acceptors (Lipinski definition) is 2. The van der Waals surface area contributed by atoms with Crippen molar-refractivity contribution in [2.75, 3.05) is 0 Å². The predicted molar refractivity (Wildman–Crippen MR) is 70.8 cm³/mol. The van der Waals surface area contributed by atoms with Gasteiger partial charge >= 0.3 is 0 Å². The molecule has 1 aliphatic rings. The van der Waals surface area contributed by atoms with E-state index < -0.39 is 12.1 Å². The summed E-state index contributed by atoms with van der Waals surface area (Å²) in [4.78, 5) is 9.00. The van der Waals surface area contributed by atoms with E-state index in [0.29, 0.717) is 0 Å². The highest BCUT2D eigenvalue weighted by Crippen LogP contribution is 2.47. The first-order valence-corrected chi connectivity index (χ1v) is 5.99. The number of carboxylic acid groups (broad SMARTS) is 1. The van der Waals surface area contributed by atoms with Crippen LogP contribution < -0.4 is 0 Å². The number of aliphatic hydroxyl groups is 1. The van der Waals surface area contributed by atoms with Crippen molar-refractivity contribution < 1.29 is 15.0 Å². The molecule has 1 aliphatic carbocycles. The van der Waals surface area contributed by atoms with E-state index in [9.17, 15) is 5.11 Å². The number of rotatable bonds is 0. The standard InChI is InChI=1S/C12H9ClO.C2H4O2/c13-11-8-5-1-3-7-4-2-6-9(10(7)8)12(11)14;1-2(3)4/h1-6,11-12,14H;1H3,(H,3,4)/t11-,12-;/m1./s1. The van der Waals surface area contributed by atoms with Crippen molar-refractivity contribution in [2.24, 2.45) is 0 Å². The van der Waals surface area contributed by atoms with Gasteiger partial charge in [0.05, 0.1) is 5.38 Å². The van der Waals surface area contributed by atoms with Crippen molar-refractivity contribution >= 4 is 28.3 Å². The molecule has 3 nitrogen and oxygen atoms in total. The summed E-state index contributed by atoms with van der Waals surface area (Å²) >= 11 is 6.15. The van der Waals surface area contributed by atoms with Crippen molar-refractivity contribution in [1.29, 1.82) is 0 Å². The van der Waals surface area contributed by atoms with Crippen molar-refractivity contribution in [1.82, 2.24) is 0 Å². The Morgan fingerprint density at radius 3 is 2.22 bits per heavy atom. The molecule has 2 aromatic carbocycles. The van der Waals surface area contributed by atoms with Crippen LogP contribution in [0.2, 0.25) is 0 Å². The van der Waals surface area contributed by atoms with Gasteiger partial charge in [-0.1, -0.05) is 36.4 Å². The second kappa shape index (κ2) is 4.96. The van der Waals surface area contributed by atoms with Crippen molar-refractivity contribution in [3.8, 4) is 0 Å². The molecule has 2 aromatic rings. The Labute approximate surface area is 110 Å². The number of carbonyl (C=O) groups is 1. The number of aliphatic carboxylic acids is 1. The van der Waals surface area contributed by atoms with Crippen LogP contribution >= 0.6 is 11.6 Å². The number of hydrogen-bond donors (Lipinski definition) is 2. The molecule has 0 radical (unpaired) electrons. The van der Waals surface area contributed by atoms with Gasteiger partial charge in [-0.3, -0.25) is 4.79 Å². The van der Waals surface area contributed by atoms with Gasteiger partial charge in [0.15, 0.2) is 0 Å². The second-order valence-electron chi connectivity index (χ2n) is 4.16. The fourth-order valence-corrected chi connectivity index (χ4v) is 2.52. The van der Waals surface area contributed by atoms with E-state index in [1.165, 1.54) is 0 Å². The first-order chi connectivity index (χ1) is 8.52. The van der Waals surface area contributed by atoms with Gasteiger partial charge in [-0.15, -0.1) is 11.6 Å². The van der Waals surface area contributed by atoms with Crippen LogP contribution in [0.25, 0.3) is 10.8 Å². The summed E-state index contributed by atoms with van der Waals surface area (Å²) in [6.07, 6.45) is -0.558. The van der Waals surface area contributed by atoms with E-state index in [2.05, 4.69) is 0 Å². The molecule has 2 N–H and O–H groups in total. The first-order valence-electron chi connectivity index (χ1n) is 5.55. The number of halogens is 1. The maximum absolute atomic E-state index is 9.90. The average Bonchev–Trinajstić information content (AvgIpc) is 2.57. The minimum Gasteiger partial charge on any atom is -0.481 e. The smallest absolute Gasteiger partial charge is 0.300 e. The van der Waals surface area contributed by atoms with Gasteiger partial charge in [-0.25, -0.2) is 0 Å². The Morgan fingerprint density at radius 1 is 1.17 bits per heavy atom. The maximum Gasteiger partial charge on any atom is 0.300 e. The van der Waals surface area contributed by atoms with Crippen LogP contribution in [0.3, 0.4) is 0 Å². The van der Waals surface area contributed by atoms with Gasteiger partial charge in [0.25, 0.3) is 5.97 Å². The fourth-order valence-electron chi connectivity index (χ4n) is 2.20. The van der Waals surface area contributed by atoms with E-state index in [0.717, 1.165) is 28.8 Å². The van der Waals surface area contributed by atoms with Crippen LogP contribution in [0.15, 0.2) is 36.4 Å². The van der Waals surface area contributed by atoms with E-state index in [4.69, 9.17) is 21.5 Å². The van der Waals surface area contributed by atoms with Crippen LogP contribution in [-0.4, -0.2) is 16.2 Å². The lowest BCUT2D eigenvalue weighted by Crippen LogP contribution is -1.96. The minimum absolute atomic E-state index is 0.295. The maximum atomic E-state index is 9.90. The van der Waals surface area contributed by atoms with Gasteiger partial charge in [0, 0.05) is 6.92 Å².